The van der Waals surface area contributed by atoms with E-state index in [0.29, 0.717) is 37.8 Å². The molecular weight excluding hydrogens is 595 g/mol. The Hall–Kier alpha value is -4.31. The lowest BCUT2D eigenvalue weighted by atomic mass is 9.91. The number of anilines is 2. The number of nitrogens with two attached hydrogens (primary N) is 1. The Morgan fingerprint density at radius 3 is 2.36 bits per heavy atom. The van der Waals surface area contributed by atoms with E-state index in [1.807, 2.05) is 65.6 Å². The van der Waals surface area contributed by atoms with Gasteiger partial charge in [0.2, 0.25) is 5.95 Å². The van der Waals surface area contributed by atoms with Crippen LogP contribution in [0.3, 0.4) is 0 Å². The van der Waals surface area contributed by atoms with Crippen molar-refractivity contribution in [3.63, 3.8) is 0 Å². The third kappa shape index (κ3) is 6.29. The molecule has 15 heteroatoms. The smallest absolute Gasteiger partial charge is 0.448 e. The summed E-state index contributed by atoms with van der Waals surface area (Å²) in [5.74, 6) is -1.92. The fourth-order valence-corrected chi connectivity index (χ4v) is 5.73. The van der Waals surface area contributed by atoms with Gasteiger partial charge >= 0.3 is 12.1 Å². The fourth-order valence-electron chi connectivity index (χ4n) is 5.73. The number of hydrogen-bond acceptors (Lipinski definition) is 11. The minimum atomic E-state index is -5.31. The normalized spacial score (nSPS) is 23.6. The van der Waals surface area contributed by atoms with E-state index in [2.05, 4.69) is 20.0 Å². The van der Waals surface area contributed by atoms with Gasteiger partial charge in [-0.3, -0.25) is 4.57 Å². The average molecular weight is 628 g/mol. The molecule has 2 aliphatic rings. The number of fused-ring (bicyclic) bond motifs is 1. The monoisotopic (exact) mass is 627 g/mol. The van der Waals surface area contributed by atoms with Gasteiger partial charge in [0.25, 0.3) is 0 Å². The summed E-state index contributed by atoms with van der Waals surface area (Å²) in [6, 6.07) is 19.7. The van der Waals surface area contributed by atoms with Gasteiger partial charge in [0.1, 0.15) is 12.2 Å². The Morgan fingerprint density at radius 2 is 1.78 bits per heavy atom. The number of aliphatic hydroxyl groups is 2. The van der Waals surface area contributed by atoms with Crippen LogP contribution in [0.1, 0.15) is 29.7 Å². The minimum absolute atomic E-state index is 0.0760. The number of nitrogens with one attached hydrogen (secondary N) is 1. The molecule has 5 N–H and O–H groups in total. The zero-order chi connectivity index (χ0) is 31.7. The number of hydrogen-bond donors (Lipinski definition) is 4. The Kier molecular flexibility index (Phi) is 8.59. The van der Waals surface area contributed by atoms with Crippen LogP contribution in [-0.2, 0) is 14.3 Å². The second-order valence-corrected chi connectivity index (χ2v) is 11.1. The Balaban J connectivity index is 1.39. The molecule has 0 spiro atoms. The highest BCUT2D eigenvalue weighted by atomic mass is 19.4. The molecule has 238 valence electrons. The van der Waals surface area contributed by atoms with Crippen molar-refractivity contribution in [2.45, 2.75) is 49.1 Å². The number of esters is 1. The summed E-state index contributed by atoms with van der Waals surface area (Å²) in [7, 11) is 0. The third-order valence-electron chi connectivity index (χ3n) is 8.04. The van der Waals surface area contributed by atoms with Crippen LogP contribution < -0.4 is 16.0 Å². The maximum absolute atomic E-state index is 13.1. The molecule has 4 aromatic rings. The fraction of sp³-hybridized carbons (Fsp3) is 0.400. The van der Waals surface area contributed by atoms with Gasteiger partial charge in [0.15, 0.2) is 29.3 Å². The molecule has 2 aliphatic heterocycles. The molecule has 0 saturated carbocycles. The lowest BCUT2D eigenvalue weighted by molar-refractivity contribution is -0.211. The molecule has 2 fully saturated rings. The summed E-state index contributed by atoms with van der Waals surface area (Å²) in [5, 5.41) is 23.8. The Morgan fingerprint density at radius 1 is 1.11 bits per heavy atom. The maximum atomic E-state index is 13.1. The SMILES string of the molecule is N[C@@H]1CCN(c2nc(NCC(c3ccccc3)c3ccccc3)c3ncn([C@@H]4O[C@H](CO)C(O)C4OC(=O)C(F)(F)F)c3n2)C1. The molecule has 0 amide bonds. The molecular formula is C30H32F3N7O5. The maximum Gasteiger partial charge on any atom is 0.490 e. The number of carbonyl (C=O) groups excluding carboxylic acids is 1. The predicted molar refractivity (Wildman–Crippen MR) is 156 cm³/mol. The molecule has 45 heavy (non-hydrogen) atoms. The van der Waals surface area contributed by atoms with Crippen molar-refractivity contribution in [3.05, 3.63) is 78.1 Å². The Bertz CT molecular complexity index is 1590. The van der Waals surface area contributed by atoms with E-state index in [1.54, 1.807) is 0 Å². The highest BCUT2D eigenvalue weighted by Crippen LogP contribution is 2.37. The largest absolute Gasteiger partial charge is 0.490 e. The van der Waals surface area contributed by atoms with Crippen LogP contribution in [0.15, 0.2) is 67.0 Å². The number of rotatable bonds is 9. The van der Waals surface area contributed by atoms with Gasteiger partial charge in [0.05, 0.1) is 12.9 Å². The second-order valence-electron chi connectivity index (χ2n) is 11.1. The van der Waals surface area contributed by atoms with E-state index in [0.717, 1.165) is 11.1 Å². The summed E-state index contributed by atoms with van der Waals surface area (Å²) in [6.45, 7) is 0.729. The van der Waals surface area contributed by atoms with Crippen LogP contribution in [0.4, 0.5) is 24.9 Å². The number of benzene rings is 2. The van der Waals surface area contributed by atoms with Crippen LogP contribution >= 0.6 is 0 Å². The van der Waals surface area contributed by atoms with Gasteiger partial charge in [-0.25, -0.2) is 9.78 Å². The lowest BCUT2D eigenvalue weighted by Crippen LogP contribution is -2.40. The summed E-state index contributed by atoms with van der Waals surface area (Å²) in [5.41, 5.74) is 8.71. The van der Waals surface area contributed by atoms with Gasteiger partial charge in [-0.05, 0) is 17.5 Å². The minimum Gasteiger partial charge on any atom is -0.448 e. The van der Waals surface area contributed by atoms with Crippen LogP contribution in [0.5, 0.6) is 0 Å². The van der Waals surface area contributed by atoms with E-state index in [4.69, 9.17) is 15.5 Å². The van der Waals surface area contributed by atoms with Crippen LogP contribution in [0, 0.1) is 0 Å². The quantitative estimate of drug-likeness (QED) is 0.202. The number of carbonyl (C=O) groups is 1. The van der Waals surface area contributed by atoms with Crippen molar-refractivity contribution in [3.8, 4) is 0 Å². The zero-order valence-electron chi connectivity index (χ0n) is 23.9. The highest BCUT2D eigenvalue weighted by molar-refractivity contribution is 5.84. The average Bonchev–Trinajstić information content (AvgIpc) is 3.75. The van der Waals surface area contributed by atoms with E-state index >= 15 is 0 Å². The lowest BCUT2D eigenvalue weighted by Gasteiger charge is -2.23. The van der Waals surface area contributed by atoms with Crippen LogP contribution in [0.25, 0.3) is 11.2 Å². The molecule has 5 atom stereocenters. The number of alkyl halides is 3. The van der Waals surface area contributed by atoms with Crippen LogP contribution in [-0.4, -0.2) is 92.5 Å². The van der Waals surface area contributed by atoms with Crippen molar-refractivity contribution in [2.75, 3.05) is 36.5 Å². The number of halogens is 3. The van der Waals surface area contributed by atoms with Gasteiger partial charge in [-0.1, -0.05) is 60.7 Å². The topological polar surface area (TPSA) is 161 Å². The van der Waals surface area contributed by atoms with Crippen molar-refractivity contribution >= 4 is 28.9 Å². The molecule has 0 bridgehead atoms. The number of ether oxygens (including phenoxy) is 2. The van der Waals surface area contributed by atoms with Crippen LogP contribution in [0.2, 0.25) is 0 Å². The Labute approximate surface area is 255 Å². The van der Waals surface area contributed by atoms with E-state index in [-0.39, 0.29) is 23.1 Å². The summed E-state index contributed by atoms with van der Waals surface area (Å²) in [4.78, 5) is 27.6. The van der Waals surface area contributed by atoms with Crippen molar-refractivity contribution in [1.29, 1.82) is 0 Å². The number of nitrogens with zero attached hydrogens (tertiary/aromatic N) is 5. The standard InChI is InChI=1S/C30H32F3N7O5/c31-30(32,33)28(43)45-24-23(42)21(15-41)44-27(24)40-16-36-22-25(37-29(38-26(22)40)39-12-11-19(34)14-39)35-13-20(17-7-3-1-4-8-17)18-9-5-2-6-10-18/h1-10,16,19-21,23-24,27,41-42H,11-15,34H2,(H,35,37,38)/t19-,21-,23?,24?,27-/m1/s1. The first-order valence-corrected chi connectivity index (χ1v) is 14.4. The van der Waals surface area contributed by atoms with E-state index in [9.17, 15) is 28.2 Å². The van der Waals surface area contributed by atoms with E-state index < -0.39 is 43.3 Å². The molecule has 2 saturated heterocycles. The molecule has 4 heterocycles. The molecule has 6 rings (SSSR count). The van der Waals surface area contributed by atoms with Crippen molar-refractivity contribution in [1.82, 2.24) is 19.5 Å². The van der Waals surface area contributed by atoms with Gasteiger partial charge in [0, 0.05) is 31.6 Å². The van der Waals surface area contributed by atoms with E-state index in [1.165, 1.54) is 10.9 Å². The number of aliphatic hydroxyl groups excluding tert-OH is 2. The first-order chi connectivity index (χ1) is 21.6. The van der Waals surface area contributed by atoms with Gasteiger partial charge in [-0.15, -0.1) is 0 Å². The predicted octanol–water partition coefficient (Wildman–Crippen LogP) is 2.33. The van der Waals surface area contributed by atoms with Crippen molar-refractivity contribution < 1.29 is 37.7 Å². The van der Waals surface area contributed by atoms with Gasteiger partial charge < -0.3 is 35.6 Å². The first kappa shape index (κ1) is 30.7. The summed E-state index contributed by atoms with van der Waals surface area (Å²) >= 11 is 0. The molecule has 0 radical (unpaired) electrons. The molecule has 0 aliphatic carbocycles. The molecule has 12 nitrogen and oxygen atoms in total. The molecule has 2 unspecified atom stereocenters. The highest BCUT2D eigenvalue weighted by Gasteiger charge is 2.51. The third-order valence-corrected chi connectivity index (χ3v) is 8.04. The first-order valence-electron chi connectivity index (χ1n) is 14.4. The van der Waals surface area contributed by atoms with Crippen molar-refractivity contribution in [2.24, 2.45) is 5.73 Å². The summed E-state index contributed by atoms with van der Waals surface area (Å²) in [6.07, 6.45) is -9.72. The number of imidazole rings is 1. The number of aromatic nitrogens is 4. The zero-order valence-corrected chi connectivity index (χ0v) is 23.9. The molecule has 2 aromatic heterocycles. The second kappa shape index (κ2) is 12.6. The van der Waals surface area contributed by atoms with Gasteiger partial charge in [-0.2, -0.15) is 23.1 Å². The molecule has 2 aromatic carbocycles. The summed E-state index contributed by atoms with van der Waals surface area (Å²) < 4.78 is 51.0.